The molecule has 0 radical (unpaired) electrons. The van der Waals surface area contributed by atoms with Crippen LogP contribution in [0.15, 0.2) is 0 Å². The molecule has 4 aliphatic carbocycles. The van der Waals surface area contributed by atoms with Gasteiger partial charge < -0.3 is 9.84 Å². The summed E-state index contributed by atoms with van der Waals surface area (Å²) >= 11 is 0. The van der Waals surface area contributed by atoms with Crippen molar-refractivity contribution >= 4 is 0 Å². The van der Waals surface area contributed by atoms with Gasteiger partial charge in [0.25, 0.3) is 0 Å². The number of hydrogen-bond acceptors (Lipinski definition) is 2. The van der Waals surface area contributed by atoms with Gasteiger partial charge >= 0.3 is 0 Å². The molecular formula is C24H40O2. The van der Waals surface area contributed by atoms with E-state index in [0.717, 1.165) is 61.4 Å². The van der Waals surface area contributed by atoms with E-state index in [1.54, 1.807) is 0 Å². The van der Waals surface area contributed by atoms with Crippen molar-refractivity contribution in [3.63, 3.8) is 0 Å². The quantitative estimate of drug-likeness (QED) is 0.652. The molecule has 2 unspecified atom stereocenters. The second kappa shape index (κ2) is 5.96. The van der Waals surface area contributed by atoms with Crippen LogP contribution in [0, 0.1) is 40.9 Å². The van der Waals surface area contributed by atoms with Crippen LogP contribution in [0.2, 0.25) is 0 Å². The van der Waals surface area contributed by atoms with Crippen LogP contribution in [-0.4, -0.2) is 22.9 Å². The monoisotopic (exact) mass is 360 g/mol. The normalized spacial score (nSPS) is 59.1. The van der Waals surface area contributed by atoms with E-state index in [9.17, 15) is 5.11 Å². The van der Waals surface area contributed by atoms with Gasteiger partial charge in [0, 0.05) is 0 Å². The highest BCUT2D eigenvalue weighted by molar-refractivity contribution is 5.11. The minimum atomic E-state index is -0.342. The van der Waals surface area contributed by atoms with Crippen LogP contribution in [0.4, 0.5) is 0 Å². The Balaban J connectivity index is 1.37. The molecule has 1 heterocycles. The van der Waals surface area contributed by atoms with Gasteiger partial charge in [0.2, 0.25) is 0 Å². The molecule has 148 valence electrons. The highest BCUT2D eigenvalue weighted by Gasteiger charge is 2.62. The summed E-state index contributed by atoms with van der Waals surface area (Å²) in [7, 11) is 0. The summed E-state index contributed by atoms with van der Waals surface area (Å²) in [5.74, 6) is 5.38. The van der Waals surface area contributed by atoms with Crippen molar-refractivity contribution in [2.75, 3.05) is 6.61 Å². The van der Waals surface area contributed by atoms with Gasteiger partial charge in [-0.3, -0.25) is 0 Å². The third-order valence-corrected chi connectivity index (χ3v) is 10.3. The van der Waals surface area contributed by atoms with Gasteiger partial charge in [0.1, 0.15) is 0 Å². The van der Waals surface area contributed by atoms with Crippen LogP contribution >= 0.6 is 0 Å². The zero-order valence-corrected chi connectivity index (χ0v) is 17.3. The number of fused-ring (bicyclic) bond motifs is 5. The number of ether oxygens (including phenoxy) is 1. The van der Waals surface area contributed by atoms with Crippen LogP contribution in [0.25, 0.3) is 0 Å². The largest absolute Gasteiger partial charge is 0.390 e. The van der Waals surface area contributed by atoms with Crippen molar-refractivity contribution < 1.29 is 9.84 Å². The minimum absolute atomic E-state index is 0.208. The van der Waals surface area contributed by atoms with Gasteiger partial charge in [-0.25, -0.2) is 0 Å². The molecule has 5 fully saturated rings. The Hall–Kier alpha value is -0.0800. The van der Waals surface area contributed by atoms with E-state index in [0.29, 0.717) is 5.41 Å². The topological polar surface area (TPSA) is 32.8 Å². The van der Waals surface area contributed by atoms with Crippen molar-refractivity contribution in [2.24, 2.45) is 40.9 Å². The Labute approximate surface area is 160 Å². The Kier molecular flexibility index (Phi) is 4.12. The predicted molar refractivity (Wildman–Crippen MR) is 105 cm³/mol. The van der Waals surface area contributed by atoms with E-state index in [2.05, 4.69) is 20.8 Å². The van der Waals surface area contributed by atoms with E-state index in [-0.39, 0.29) is 11.2 Å². The smallest absolute Gasteiger partial charge is 0.0921 e. The van der Waals surface area contributed by atoms with Gasteiger partial charge in [0.15, 0.2) is 0 Å². The number of aliphatic hydroxyl groups is 1. The first-order chi connectivity index (χ1) is 12.4. The first-order valence-electron chi connectivity index (χ1n) is 11.7. The zero-order valence-electron chi connectivity index (χ0n) is 17.3. The summed E-state index contributed by atoms with van der Waals surface area (Å²) in [6.07, 6.45) is 14.4. The minimum Gasteiger partial charge on any atom is -0.390 e. The van der Waals surface area contributed by atoms with Crippen molar-refractivity contribution in [2.45, 2.75) is 103 Å². The lowest BCUT2D eigenvalue weighted by molar-refractivity contribution is -0.138. The lowest BCUT2D eigenvalue weighted by Crippen LogP contribution is -2.55. The fraction of sp³-hybridized carbons (Fsp3) is 1.00. The highest BCUT2D eigenvalue weighted by atomic mass is 16.6. The Morgan fingerprint density at radius 1 is 0.923 bits per heavy atom. The molecule has 2 heteroatoms. The summed E-state index contributed by atoms with van der Waals surface area (Å²) in [6, 6.07) is 0. The van der Waals surface area contributed by atoms with E-state index >= 15 is 0 Å². The standard InChI is InChI=1S/C24H40O2/c1-4-24(25)13-11-17-16(14-24)8-9-19-18(17)10-12-22(2)20(19)6-5-7-21(22)23(3)15-26-23/h16-21,25H,4-15H2,1-3H3/t16-,17?,18-,19-,20+,21+,22+,23?,24-/m1/s1. The molecule has 5 aliphatic rings. The second-order valence-electron chi connectivity index (χ2n) is 11.4. The van der Waals surface area contributed by atoms with Crippen LogP contribution in [0.5, 0.6) is 0 Å². The van der Waals surface area contributed by atoms with Crippen LogP contribution in [0.3, 0.4) is 0 Å². The Morgan fingerprint density at radius 3 is 2.42 bits per heavy atom. The van der Waals surface area contributed by atoms with Crippen molar-refractivity contribution in [3.05, 3.63) is 0 Å². The molecule has 1 aliphatic heterocycles. The lowest BCUT2D eigenvalue weighted by Gasteiger charge is -2.61. The van der Waals surface area contributed by atoms with Crippen LogP contribution < -0.4 is 0 Å². The van der Waals surface area contributed by atoms with E-state index in [4.69, 9.17) is 4.74 Å². The number of hydrogen-bond donors (Lipinski definition) is 1. The average molecular weight is 361 g/mol. The lowest BCUT2D eigenvalue weighted by atomic mass is 9.44. The first kappa shape index (κ1) is 18.0. The maximum absolute atomic E-state index is 10.9. The van der Waals surface area contributed by atoms with Gasteiger partial charge in [-0.2, -0.15) is 0 Å². The molecule has 0 amide bonds. The molecule has 1 saturated heterocycles. The Morgan fingerprint density at radius 2 is 1.69 bits per heavy atom. The summed E-state index contributed by atoms with van der Waals surface area (Å²) in [6.45, 7) is 8.23. The number of rotatable bonds is 2. The fourth-order valence-electron chi connectivity index (χ4n) is 8.80. The maximum atomic E-state index is 10.9. The van der Waals surface area contributed by atoms with Crippen LogP contribution in [0.1, 0.15) is 91.4 Å². The molecule has 4 saturated carbocycles. The molecule has 0 aromatic rings. The van der Waals surface area contributed by atoms with Crippen molar-refractivity contribution in [1.29, 1.82) is 0 Å². The fourth-order valence-corrected chi connectivity index (χ4v) is 8.80. The maximum Gasteiger partial charge on any atom is 0.0921 e. The molecule has 26 heavy (non-hydrogen) atoms. The molecule has 9 atom stereocenters. The molecule has 2 nitrogen and oxygen atoms in total. The molecule has 0 bridgehead atoms. The zero-order chi connectivity index (χ0) is 18.2. The van der Waals surface area contributed by atoms with Gasteiger partial charge in [-0.15, -0.1) is 0 Å². The summed E-state index contributed by atoms with van der Waals surface area (Å²) < 4.78 is 5.98. The third-order valence-electron chi connectivity index (χ3n) is 10.3. The van der Waals surface area contributed by atoms with Gasteiger partial charge in [0.05, 0.1) is 17.8 Å². The van der Waals surface area contributed by atoms with Crippen molar-refractivity contribution in [3.8, 4) is 0 Å². The van der Waals surface area contributed by atoms with Crippen molar-refractivity contribution in [1.82, 2.24) is 0 Å². The molecular weight excluding hydrogens is 320 g/mol. The van der Waals surface area contributed by atoms with Gasteiger partial charge in [-0.1, -0.05) is 20.3 Å². The molecule has 0 aromatic carbocycles. The van der Waals surface area contributed by atoms with Crippen LogP contribution in [-0.2, 0) is 4.74 Å². The summed E-state index contributed by atoms with van der Waals surface area (Å²) in [5.41, 5.74) is 0.390. The highest BCUT2D eigenvalue weighted by Crippen LogP contribution is 2.66. The first-order valence-corrected chi connectivity index (χ1v) is 11.7. The SMILES string of the molecule is CC[C@@]1(O)CCC2[C@H](CC[C@@H]3[C@@H]2CC[C@]2(C)[C@@H](C4(C)CO4)CCC[C@@H]32)C1. The third kappa shape index (κ3) is 2.57. The van der Waals surface area contributed by atoms with E-state index in [1.807, 2.05) is 0 Å². The molecule has 1 N–H and O–H groups in total. The predicted octanol–water partition coefficient (Wildman–Crippen LogP) is 5.58. The van der Waals surface area contributed by atoms with E-state index < -0.39 is 0 Å². The number of epoxide rings is 1. The second-order valence-corrected chi connectivity index (χ2v) is 11.4. The summed E-state index contributed by atoms with van der Waals surface area (Å²) in [4.78, 5) is 0. The Bertz CT molecular complexity index is 554. The average Bonchev–Trinajstić information content (AvgIpc) is 3.38. The molecule has 0 aromatic heterocycles. The summed E-state index contributed by atoms with van der Waals surface area (Å²) in [5, 5.41) is 10.9. The molecule has 0 spiro atoms. The molecule has 5 rings (SSSR count). The van der Waals surface area contributed by atoms with Gasteiger partial charge in [-0.05, 0) is 112 Å². The van der Waals surface area contributed by atoms with E-state index in [1.165, 1.54) is 51.4 Å².